The minimum absolute atomic E-state index is 0.173. The van der Waals surface area contributed by atoms with Crippen molar-refractivity contribution in [3.05, 3.63) is 77.4 Å². The molecule has 166 valence electrons. The molecular formula is C24H25FN4O3. The van der Waals surface area contributed by atoms with Gasteiger partial charge in [0.05, 0.1) is 19.2 Å². The number of halogens is 1. The molecule has 1 heterocycles. The highest BCUT2D eigenvalue weighted by atomic mass is 19.1. The number of nitrogens with two attached hydrogens (primary N) is 1. The van der Waals surface area contributed by atoms with Gasteiger partial charge in [-0.1, -0.05) is 25.1 Å². The number of methoxy groups -OCH3 is 1. The number of aromatic nitrogens is 1. The van der Waals surface area contributed by atoms with Gasteiger partial charge in [-0.05, 0) is 53.4 Å². The molecule has 2 aromatic carbocycles. The van der Waals surface area contributed by atoms with E-state index in [1.807, 2.05) is 19.1 Å². The van der Waals surface area contributed by atoms with Crippen molar-refractivity contribution in [2.75, 3.05) is 14.2 Å². The van der Waals surface area contributed by atoms with Crippen LogP contribution in [0.4, 0.5) is 4.39 Å². The van der Waals surface area contributed by atoms with Gasteiger partial charge in [-0.2, -0.15) is 0 Å². The minimum Gasteiger partial charge on any atom is -0.493 e. The summed E-state index contributed by atoms with van der Waals surface area (Å²) in [5.74, 6) is 0.341. The van der Waals surface area contributed by atoms with Gasteiger partial charge in [0.2, 0.25) is 0 Å². The fraction of sp³-hybridized carbons (Fsp3) is 0.208. The number of nitrogens with zero attached hydrogens (tertiary/aromatic N) is 3. The molecule has 0 radical (unpaired) electrons. The number of aliphatic hydroxyl groups is 1. The highest BCUT2D eigenvalue weighted by molar-refractivity contribution is 6.02. The number of aliphatic imine (C=N–C) groups is 1. The monoisotopic (exact) mass is 436 g/mol. The molecule has 0 aliphatic rings. The number of hydrogen-bond donors (Lipinski definition) is 2. The second-order valence-corrected chi connectivity index (χ2v) is 6.47. The van der Waals surface area contributed by atoms with Gasteiger partial charge in [0.15, 0.2) is 11.5 Å². The van der Waals surface area contributed by atoms with E-state index in [1.165, 1.54) is 19.2 Å². The standard InChI is InChI=1S/C23H21FN4O2.CH4O/c1-3-19-9-4-15(12-27-19)13-28-23(26)20-10-17(16-5-7-18(24)8-6-16)11-21(29-2)22(20)30-14-25;1-2/h4-12H,3,13H2,1-2H3,(H2,26,28);2H,1H3. The summed E-state index contributed by atoms with van der Waals surface area (Å²) in [6, 6.07) is 13.4. The molecule has 0 amide bonds. The molecule has 0 fully saturated rings. The lowest BCUT2D eigenvalue weighted by atomic mass is 10.0. The van der Waals surface area contributed by atoms with E-state index in [0.29, 0.717) is 17.9 Å². The second kappa shape index (κ2) is 12.0. The number of pyridine rings is 1. The molecule has 0 atom stereocenters. The number of aliphatic hydroxyl groups excluding tert-OH is 1. The lowest BCUT2D eigenvalue weighted by Crippen LogP contribution is -2.15. The third-order valence-electron chi connectivity index (χ3n) is 4.56. The van der Waals surface area contributed by atoms with Gasteiger partial charge in [-0.25, -0.2) is 4.39 Å². The summed E-state index contributed by atoms with van der Waals surface area (Å²) in [6.07, 6.45) is 4.28. The lowest BCUT2D eigenvalue weighted by Gasteiger charge is -2.14. The smallest absolute Gasteiger partial charge is 0.292 e. The van der Waals surface area contributed by atoms with E-state index < -0.39 is 0 Å². The summed E-state index contributed by atoms with van der Waals surface area (Å²) in [5.41, 5.74) is 10.0. The number of nitriles is 1. The molecule has 0 aliphatic carbocycles. The van der Waals surface area contributed by atoms with Gasteiger partial charge >= 0.3 is 0 Å². The Hall–Kier alpha value is -3.96. The van der Waals surface area contributed by atoms with E-state index >= 15 is 0 Å². The van der Waals surface area contributed by atoms with Crippen molar-refractivity contribution in [2.45, 2.75) is 19.9 Å². The van der Waals surface area contributed by atoms with Crippen LogP contribution in [0.1, 0.15) is 23.7 Å². The fourth-order valence-electron chi connectivity index (χ4n) is 2.92. The van der Waals surface area contributed by atoms with Crippen molar-refractivity contribution in [2.24, 2.45) is 10.7 Å². The highest BCUT2D eigenvalue weighted by Gasteiger charge is 2.17. The molecule has 3 rings (SSSR count). The van der Waals surface area contributed by atoms with Gasteiger partial charge in [0.25, 0.3) is 6.26 Å². The molecule has 32 heavy (non-hydrogen) atoms. The molecule has 3 N–H and O–H groups in total. The molecule has 8 heteroatoms. The van der Waals surface area contributed by atoms with Crippen LogP contribution in [-0.2, 0) is 13.0 Å². The maximum absolute atomic E-state index is 13.3. The third-order valence-corrected chi connectivity index (χ3v) is 4.56. The van der Waals surface area contributed by atoms with Gasteiger partial charge in [0.1, 0.15) is 11.7 Å². The number of amidine groups is 1. The highest BCUT2D eigenvalue weighted by Crippen LogP contribution is 2.36. The van der Waals surface area contributed by atoms with Gasteiger partial charge in [-0.3, -0.25) is 9.98 Å². The van der Waals surface area contributed by atoms with Crippen molar-refractivity contribution in [1.82, 2.24) is 4.98 Å². The van der Waals surface area contributed by atoms with E-state index in [2.05, 4.69) is 9.98 Å². The van der Waals surface area contributed by atoms with Crippen molar-refractivity contribution >= 4 is 5.84 Å². The first-order valence-corrected chi connectivity index (χ1v) is 9.78. The van der Waals surface area contributed by atoms with Gasteiger partial charge < -0.3 is 20.3 Å². The Labute approximate surface area is 186 Å². The van der Waals surface area contributed by atoms with Crippen LogP contribution in [-0.4, -0.2) is 30.1 Å². The molecule has 0 unspecified atom stereocenters. The molecule has 0 spiro atoms. The summed E-state index contributed by atoms with van der Waals surface area (Å²) < 4.78 is 23.8. The Kier molecular flexibility index (Phi) is 9.14. The zero-order valence-corrected chi connectivity index (χ0v) is 18.2. The molecule has 3 aromatic rings. The van der Waals surface area contributed by atoms with Crippen LogP contribution in [0.2, 0.25) is 0 Å². The van der Waals surface area contributed by atoms with Crippen LogP contribution in [0.15, 0.2) is 59.7 Å². The Morgan fingerprint density at radius 3 is 2.44 bits per heavy atom. The third kappa shape index (κ3) is 6.03. The number of benzene rings is 2. The second-order valence-electron chi connectivity index (χ2n) is 6.47. The summed E-state index contributed by atoms with van der Waals surface area (Å²) >= 11 is 0. The number of aryl methyl sites for hydroxylation is 1. The van der Waals surface area contributed by atoms with Crippen LogP contribution in [0.5, 0.6) is 11.5 Å². The minimum atomic E-state index is -0.334. The van der Waals surface area contributed by atoms with Crippen molar-refractivity contribution in [3.63, 3.8) is 0 Å². The molecule has 7 nitrogen and oxygen atoms in total. The predicted octanol–water partition coefficient (Wildman–Crippen LogP) is 3.83. The number of hydrogen-bond acceptors (Lipinski definition) is 6. The van der Waals surface area contributed by atoms with Crippen molar-refractivity contribution < 1.29 is 19.0 Å². The normalized spacial score (nSPS) is 10.6. The zero-order chi connectivity index (χ0) is 23.5. The van der Waals surface area contributed by atoms with E-state index in [4.69, 9.17) is 25.6 Å². The van der Waals surface area contributed by atoms with Crippen molar-refractivity contribution in [1.29, 1.82) is 5.26 Å². The maximum Gasteiger partial charge on any atom is 0.292 e. The van der Waals surface area contributed by atoms with E-state index in [1.54, 1.807) is 36.7 Å². The molecule has 0 bridgehead atoms. The van der Waals surface area contributed by atoms with Crippen LogP contribution in [0.25, 0.3) is 11.1 Å². The largest absolute Gasteiger partial charge is 0.493 e. The van der Waals surface area contributed by atoms with Gasteiger partial charge in [-0.15, -0.1) is 5.26 Å². The van der Waals surface area contributed by atoms with Crippen LogP contribution in [0, 0.1) is 17.3 Å². The number of rotatable bonds is 7. The summed E-state index contributed by atoms with van der Waals surface area (Å²) in [6.45, 7) is 2.36. The lowest BCUT2D eigenvalue weighted by molar-refractivity contribution is 0.384. The summed E-state index contributed by atoms with van der Waals surface area (Å²) in [4.78, 5) is 8.79. The van der Waals surface area contributed by atoms with E-state index in [-0.39, 0.29) is 17.4 Å². The SMILES string of the molecule is CCc1ccc(CN=C(N)c2cc(-c3ccc(F)cc3)cc(OC)c2OC#N)cn1.CO. The quantitative estimate of drug-likeness (QED) is 0.331. The summed E-state index contributed by atoms with van der Waals surface area (Å²) in [7, 11) is 2.46. The molecule has 1 aromatic heterocycles. The van der Waals surface area contributed by atoms with Crippen LogP contribution >= 0.6 is 0 Å². The number of ether oxygens (including phenoxy) is 2. The topological polar surface area (TPSA) is 114 Å². The Morgan fingerprint density at radius 2 is 1.88 bits per heavy atom. The molecular weight excluding hydrogens is 411 g/mol. The maximum atomic E-state index is 13.3. The first kappa shape index (κ1) is 24.3. The Bertz CT molecular complexity index is 1090. The summed E-state index contributed by atoms with van der Waals surface area (Å²) in [5, 5.41) is 16.1. The Morgan fingerprint density at radius 1 is 1.16 bits per heavy atom. The average molecular weight is 436 g/mol. The van der Waals surface area contributed by atoms with E-state index in [0.717, 1.165) is 35.9 Å². The molecule has 0 saturated heterocycles. The van der Waals surface area contributed by atoms with Crippen LogP contribution in [0.3, 0.4) is 0 Å². The Balaban J connectivity index is 0.00000176. The first-order valence-electron chi connectivity index (χ1n) is 9.78. The zero-order valence-electron chi connectivity index (χ0n) is 18.2. The van der Waals surface area contributed by atoms with E-state index in [9.17, 15) is 4.39 Å². The van der Waals surface area contributed by atoms with Crippen molar-refractivity contribution in [3.8, 4) is 28.9 Å². The van der Waals surface area contributed by atoms with Crippen LogP contribution < -0.4 is 15.2 Å². The molecule has 0 saturated carbocycles. The first-order chi connectivity index (χ1) is 15.5. The average Bonchev–Trinajstić information content (AvgIpc) is 2.84. The fourth-order valence-corrected chi connectivity index (χ4v) is 2.92. The molecule has 0 aliphatic heterocycles. The van der Waals surface area contributed by atoms with Gasteiger partial charge in [0, 0.05) is 19.0 Å². The predicted molar refractivity (Wildman–Crippen MR) is 121 cm³/mol.